The van der Waals surface area contributed by atoms with E-state index >= 15 is 0 Å². The molecule has 0 saturated carbocycles. The minimum Gasteiger partial charge on any atom is -0.481 e. The van der Waals surface area contributed by atoms with E-state index < -0.39 is 18.0 Å². The molecule has 0 fully saturated rings. The van der Waals surface area contributed by atoms with Gasteiger partial charge in [-0.2, -0.15) is 11.8 Å². The monoisotopic (exact) mass is 762 g/mol. The molecule has 0 heterocycles. The Kier molecular flexibility index (Phi) is 34.1. The molecule has 0 aliphatic rings. The van der Waals surface area contributed by atoms with Crippen LogP contribution in [0.15, 0.2) is 30.3 Å². The average Bonchev–Trinajstić information content (AvgIpc) is 3.14. The molecule has 0 bridgehead atoms. The highest BCUT2D eigenvalue weighted by molar-refractivity contribution is 7.99. The van der Waals surface area contributed by atoms with E-state index in [2.05, 4.69) is 0 Å². The zero-order chi connectivity index (χ0) is 38.5. The second kappa shape index (κ2) is 36.9. The molecule has 1 aromatic rings. The zero-order valence-electron chi connectivity index (χ0n) is 33.6. The lowest BCUT2D eigenvalue weighted by Gasteiger charge is -2.18. The first-order valence-corrected chi connectivity index (χ1v) is 23.0. The van der Waals surface area contributed by atoms with Crippen LogP contribution in [0, 0.1) is 5.92 Å². The SMILES string of the molecule is NC(CSCC(CCCCCCCCCCCCCCCCC(=O)O)CCCCCCCCCCCCCCCC(=O)O)C(=O)OCc1ccccc1. The smallest absolute Gasteiger partial charge is 0.324 e. The number of nitrogens with two attached hydrogens (primary N) is 1. The third kappa shape index (κ3) is 34.2. The van der Waals surface area contributed by atoms with Crippen LogP contribution in [0.25, 0.3) is 0 Å². The number of carbonyl (C=O) groups is 3. The number of carboxylic acid groups (broad SMARTS) is 2. The molecule has 7 nitrogen and oxygen atoms in total. The van der Waals surface area contributed by atoms with Gasteiger partial charge in [-0.15, -0.1) is 0 Å². The molecule has 0 amide bonds. The Bertz CT molecular complexity index is 992. The van der Waals surface area contributed by atoms with Crippen LogP contribution in [0.2, 0.25) is 0 Å². The van der Waals surface area contributed by atoms with Gasteiger partial charge in [-0.25, -0.2) is 0 Å². The second-order valence-electron chi connectivity index (χ2n) is 15.5. The summed E-state index contributed by atoms with van der Waals surface area (Å²) in [5, 5.41) is 17.4. The number of thioether (sulfide) groups is 1. The highest BCUT2D eigenvalue weighted by Gasteiger charge is 2.17. The van der Waals surface area contributed by atoms with Crippen LogP contribution >= 0.6 is 11.8 Å². The Morgan fingerprint density at radius 3 is 1.21 bits per heavy atom. The van der Waals surface area contributed by atoms with Gasteiger partial charge in [0.2, 0.25) is 0 Å². The van der Waals surface area contributed by atoms with E-state index in [0.717, 1.165) is 37.0 Å². The van der Waals surface area contributed by atoms with Crippen LogP contribution in [-0.4, -0.2) is 45.7 Å². The van der Waals surface area contributed by atoms with Crippen molar-refractivity contribution in [1.82, 2.24) is 0 Å². The highest BCUT2D eigenvalue weighted by Crippen LogP contribution is 2.24. The Morgan fingerprint density at radius 1 is 0.509 bits per heavy atom. The van der Waals surface area contributed by atoms with E-state index in [9.17, 15) is 14.4 Å². The maximum atomic E-state index is 12.5. The molecule has 4 N–H and O–H groups in total. The van der Waals surface area contributed by atoms with Gasteiger partial charge in [0.1, 0.15) is 12.6 Å². The van der Waals surface area contributed by atoms with E-state index in [1.54, 1.807) is 0 Å². The van der Waals surface area contributed by atoms with Crippen molar-refractivity contribution in [3.05, 3.63) is 35.9 Å². The van der Waals surface area contributed by atoms with E-state index in [4.69, 9.17) is 20.7 Å². The molecular weight excluding hydrogens is 683 g/mol. The second-order valence-corrected chi connectivity index (χ2v) is 16.6. The summed E-state index contributed by atoms with van der Waals surface area (Å²) in [5.41, 5.74) is 7.20. The van der Waals surface area contributed by atoms with Crippen molar-refractivity contribution in [2.45, 2.75) is 212 Å². The van der Waals surface area contributed by atoms with Crippen LogP contribution in [-0.2, 0) is 25.7 Å². The van der Waals surface area contributed by atoms with Crippen molar-refractivity contribution in [1.29, 1.82) is 0 Å². The van der Waals surface area contributed by atoms with Gasteiger partial charge < -0.3 is 20.7 Å². The van der Waals surface area contributed by atoms with Gasteiger partial charge in [0.25, 0.3) is 0 Å². The van der Waals surface area contributed by atoms with Crippen molar-refractivity contribution in [3.8, 4) is 0 Å². The average molecular weight is 762 g/mol. The maximum absolute atomic E-state index is 12.5. The van der Waals surface area contributed by atoms with Gasteiger partial charge in [-0.05, 0) is 42.9 Å². The summed E-state index contributed by atoms with van der Waals surface area (Å²) in [6.45, 7) is 0.275. The Morgan fingerprint density at radius 2 is 0.849 bits per heavy atom. The molecule has 306 valence electrons. The molecule has 0 spiro atoms. The molecule has 0 radical (unpaired) electrons. The predicted octanol–water partition coefficient (Wildman–Crippen LogP) is 12.7. The number of rotatable bonds is 40. The lowest BCUT2D eigenvalue weighted by atomic mass is 9.95. The zero-order valence-corrected chi connectivity index (χ0v) is 34.4. The quantitative estimate of drug-likeness (QED) is 0.0445. The number of hydrogen-bond donors (Lipinski definition) is 3. The van der Waals surface area contributed by atoms with Crippen LogP contribution in [0.5, 0.6) is 0 Å². The fourth-order valence-electron chi connectivity index (χ4n) is 7.06. The lowest BCUT2D eigenvalue weighted by molar-refractivity contribution is -0.146. The minimum atomic E-state index is -0.674. The summed E-state index contributed by atoms with van der Waals surface area (Å²) < 4.78 is 5.47. The predicted molar refractivity (Wildman–Crippen MR) is 223 cm³/mol. The molecule has 1 rings (SSSR count). The summed E-state index contributed by atoms with van der Waals surface area (Å²) in [5.74, 6) is 0.717. The number of carbonyl (C=O) groups excluding carboxylic acids is 1. The van der Waals surface area contributed by atoms with Gasteiger partial charge in [-0.3, -0.25) is 14.4 Å². The molecule has 0 aliphatic heterocycles. The van der Waals surface area contributed by atoms with Crippen molar-refractivity contribution < 1.29 is 29.3 Å². The van der Waals surface area contributed by atoms with E-state index in [1.165, 1.54) is 161 Å². The molecule has 0 aromatic heterocycles. The van der Waals surface area contributed by atoms with Crippen LogP contribution in [0.1, 0.15) is 205 Å². The topological polar surface area (TPSA) is 127 Å². The van der Waals surface area contributed by atoms with Crippen molar-refractivity contribution >= 4 is 29.7 Å². The summed E-state index contributed by atoms with van der Waals surface area (Å²) in [6.07, 6.45) is 36.9. The van der Waals surface area contributed by atoms with E-state index in [0.29, 0.717) is 24.5 Å². The molecule has 0 aliphatic carbocycles. The van der Waals surface area contributed by atoms with Crippen LogP contribution in [0.3, 0.4) is 0 Å². The molecule has 1 aromatic carbocycles. The van der Waals surface area contributed by atoms with E-state index in [-0.39, 0.29) is 12.6 Å². The van der Waals surface area contributed by atoms with Gasteiger partial charge in [0.15, 0.2) is 0 Å². The van der Waals surface area contributed by atoms with Crippen molar-refractivity contribution in [2.75, 3.05) is 11.5 Å². The molecule has 53 heavy (non-hydrogen) atoms. The van der Waals surface area contributed by atoms with Gasteiger partial charge >= 0.3 is 17.9 Å². The number of benzene rings is 1. The third-order valence-electron chi connectivity index (χ3n) is 10.4. The largest absolute Gasteiger partial charge is 0.481 e. The minimum absolute atomic E-state index is 0.275. The Balaban J connectivity index is 2.18. The fraction of sp³-hybridized carbons (Fsp3) is 0.800. The first-order valence-electron chi connectivity index (χ1n) is 21.9. The summed E-state index contributed by atoms with van der Waals surface area (Å²) in [7, 11) is 0. The molecule has 0 saturated heterocycles. The number of aliphatic carboxylic acids is 2. The lowest BCUT2D eigenvalue weighted by Crippen LogP contribution is -2.34. The first-order chi connectivity index (χ1) is 25.9. The van der Waals surface area contributed by atoms with Gasteiger partial charge in [-0.1, -0.05) is 191 Å². The van der Waals surface area contributed by atoms with Crippen molar-refractivity contribution in [3.63, 3.8) is 0 Å². The third-order valence-corrected chi connectivity index (χ3v) is 11.7. The van der Waals surface area contributed by atoms with E-state index in [1.807, 2.05) is 42.1 Å². The summed E-state index contributed by atoms with van der Waals surface area (Å²) in [4.78, 5) is 33.6. The van der Waals surface area contributed by atoms with Gasteiger partial charge in [0, 0.05) is 18.6 Å². The van der Waals surface area contributed by atoms with Gasteiger partial charge in [0.05, 0.1) is 0 Å². The molecular formula is C45H79NO6S. The normalized spacial score (nSPS) is 12.5. The molecule has 8 heteroatoms. The molecule has 2 atom stereocenters. The number of esters is 1. The Hall–Kier alpha value is -2.06. The van der Waals surface area contributed by atoms with Crippen LogP contribution < -0.4 is 5.73 Å². The standard InChI is InChI=1S/C45H79NO6S/c46-42(45(51)52-37-40-31-27-24-28-32-40)39-53-38-41(34-26-21-17-13-9-5-3-7-11-15-19-23-30-36-44(49)50)33-25-20-16-12-8-4-1-2-6-10-14-18-22-29-35-43(47)48/h24,27-28,31-32,41-42H,1-23,25-26,29-30,33-39,46H2,(H,47,48)(H,49,50). The number of carboxylic acids is 2. The number of unbranched alkanes of at least 4 members (excludes halogenated alkanes) is 25. The Labute approximate surface area is 328 Å². The summed E-state index contributed by atoms with van der Waals surface area (Å²) >= 11 is 1.82. The first kappa shape index (κ1) is 49.0. The number of hydrogen-bond acceptors (Lipinski definition) is 6. The number of ether oxygens (including phenoxy) is 1. The molecule has 2 unspecified atom stereocenters. The summed E-state index contributed by atoms with van der Waals surface area (Å²) in [6, 6.07) is 9.18. The maximum Gasteiger partial charge on any atom is 0.324 e. The fourth-order valence-corrected chi connectivity index (χ4v) is 8.25. The van der Waals surface area contributed by atoms with Crippen molar-refractivity contribution in [2.24, 2.45) is 11.7 Å². The highest BCUT2D eigenvalue weighted by atomic mass is 32.2. The van der Waals surface area contributed by atoms with Crippen LogP contribution in [0.4, 0.5) is 0 Å².